The van der Waals surface area contributed by atoms with Gasteiger partial charge in [-0.05, 0) is 13.3 Å². The number of ether oxygens (including phenoxy) is 3. The van der Waals surface area contributed by atoms with Crippen LogP contribution in [0.4, 0.5) is 0 Å². The molecule has 5 heteroatoms. The molecule has 1 N–H and O–H groups in total. The van der Waals surface area contributed by atoms with Gasteiger partial charge in [-0.25, -0.2) is 4.79 Å². The second-order valence-corrected chi connectivity index (χ2v) is 6.25. The summed E-state index contributed by atoms with van der Waals surface area (Å²) in [7, 11) is 0. The molecule has 0 fully saturated rings. The molecule has 0 bridgehead atoms. The second kappa shape index (κ2) is 18.7. The first-order chi connectivity index (χ1) is 11.7. The molecule has 0 aromatic carbocycles. The molecule has 24 heavy (non-hydrogen) atoms. The van der Waals surface area contributed by atoms with Gasteiger partial charge >= 0.3 is 5.97 Å². The van der Waals surface area contributed by atoms with Crippen LogP contribution in [0.15, 0.2) is 0 Å². The Hall–Kier alpha value is -0.650. The van der Waals surface area contributed by atoms with Crippen molar-refractivity contribution in [3.05, 3.63) is 0 Å². The number of aliphatic hydroxyl groups excluding tert-OH is 1. The summed E-state index contributed by atoms with van der Waals surface area (Å²) in [6, 6.07) is 0. The highest BCUT2D eigenvalue weighted by Crippen LogP contribution is 2.10. The van der Waals surface area contributed by atoms with Crippen molar-refractivity contribution in [3.63, 3.8) is 0 Å². The molecule has 0 aromatic heterocycles. The second-order valence-electron chi connectivity index (χ2n) is 6.25. The molecule has 0 radical (unpaired) electrons. The maximum atomic E-state index is 11.0. The van der Waals surface area contributed by atoms with E-state index in [2.05, 4.69) is 6.92 Å². The van der Waals surface area contributed by atoms with E-state index in [-0.39, 0.29) is 6.61 Å². The molecule has 144 valence electrons. The monoisotopic (exact) mass is 346 g/mol. The van der Waals surface area contributed by atoms with Gasteiger partial charge in [0.1, 0.15) is 12.7 Å². The molecule has 0 heterocycles. The number of rotatable bonds is 18. The molecule has 0 aromatic rings. The van der Waals surface area contributed by atoms with Gasteiger partial charge in [0, 0.05) is 6.61 Å². The standard InChI is InChI=1S/C19H38O5/c1-3-4-5-6-7-8-9-10-11-12-13-22-14-15-23-16-17-24-19(21)18(2)20/h18,20H,3-17H2,1-2H3. The van der Waals surface area contributed by atoms with Crippen LogP contribution < -0.4 is 0 Å². The van der Waals surface area contributed by atoms with E-state index in [4.69, 9.17) is 19.3 Å². The van der Waals surface area contributed by atoms with Gasteiger partial charge < -0.3 is 19.3 Å². The van der Waals surface area contributed by atoms with E-state index < -0.39 is 12.1 Å². The van der Waals surface area contributed by atoms with Crippen molar-refractivity contribution in [2.24, 2.45) is 0 Å². The summed E-state index contributed by atoms with van der Waals surface area (Å²) in [5, 5.41) is 8.92. The zero-order valence-electron chi connectivity index (χ0n) is 15.8. The molecule has 0 amide bonds. The van der Waals surface area contributed by atoms with Crippen LogP contribution in [0.1, 0.15) is 78.1 Å². The van der Waals surface area contributed by atoms with Gasteiger partial charge in [0.2, 0.25) is 0 Å². The summed E-state index contributed by atoms with van der Waals surface area (Å²) in [5.41, 5.74) is 0. The predicted molar refractivity (Wildman–Crippen MR) is 96.1 cm³/mol. The molecule has 0 rings (SSSR count). The third-order valence-electron chi connectivity index (χ3n) is 3.83. The van der Waals surface area contributed by atoms with E-state index in [0.717, 1.165) is 13.0 Å². The fraction of sp³-hybridized carbons (Fsp3) is 0.947. The zero-order chi connectivity index (χ0) is 17.9. The number of aliphatic hydroxyl groups is 1. The van der Waals surface area contributed by atoms with Crippen molar-refractivity contribution in [1.82, 2.24) is 0 Å². The van der Waals surface area contributed by atoms with Gasteiger partial charge in [-0.2, -0.15) is 0 Å². The number of hydrogen-bond donors (Lipinski definition) is 1. The quantitative estimate of drug-likeness (QED) is 0.301. The van der Waals surface area contributed by atoms with Crippen molar-refractivity contribution in [3.8, 4) is 0 Å². The number of hydrogen-bond acceptors (Lipinski definition) is 5. The van der Waals surface area contributed by atoms with Gasteiger partial charge in [-0.1, -0.05) is 64.7 Å². The van der Waals surface area contributed by atoms with Crippen molar-refractivity contribution in [2.75, 3.05) is 33.0 Å². The fourth-order valence-electron chi connectivity index (χ4n) is 2.34. The van der Waals surface area contributed by atoms with Crippen molar-refractivity contribution < 1.29 is 24.1 Å². The van der Waals surface area contributed by atoms with Crippen LogP contribution in [0.3, 0.4) is 0 Å². The molecule has 1 unspecified atom stereocenters. The normalized spacial score (nSPS) is 12.3. The topological polar surface area (TPSA) is 65.0 Å². The minimum Gasteiger partial charge on any atom is -0.461 e. The maximum absolute atomic E-state index is 11.0. The van der Waals surface area contributed by atoms with E-state index in [9.17, 15) is 4.79 Å². The van der Waals surface area contributed by atoms with Crippen LogP contribution in [0.25, 0.3) is 0 Å². The summed E-state index contributed by atoms with van der Waals surface area (Å²) in [6.07, 6.45) is 12.2. The van der Waals surface area contributed by atoms with E-state index in [1.807, 2.05) is 0 Å². The van der Waals surface area contributed by atoms with Gasteiger partial charge in [-0.15, -0.1) is 0 Å². The van der Waals surface area contributed by atoms with E-state index in [1.165, 1.54) is 64.7 Å². The van der Waals surface area contributed by atoms with Gasteiger partial charge in [-0.3, -0.25) is 0 Å². The molecule has 0 spiro atoms. The molecule has 0 saturated heterocycles. The average molecular weight is 347 g/mol. The zero-order valence-corrected chi connectivity index (χ0v) is 15.8. The Morgan fingerprint density at radius 3 is 1.75 bits per heavy atom. The lowest BCUT2D eigenvalue weighted by Crippen LogP contribution is -2.21. The summed E-state index contributed by atoms with van der Waals surface area (Å²) < 4.78 is 15.5. The Morgan fingerprint density at radius 1 is 0.750 bits per heavy atom. The molecular weight excluding hydrogens is 308 g/mol. The largest absolute Gasteiger partial charge is 0.461 e. The molecule has 1 atom stereocenters. The Bertz CT molecular complexity index is 268. The third kappa shape index (κ3) is 17.7. The van der Waals surface area contributed by atoms with Crippen LogP contribution in [0.2, 0.25) is 0 Å². The molecular formula is C19H38O5. The van der Waals surface area contributed by atoms with Gasteiger partial charge in [0.25, 0.3) is 0 Å². The summed E-state index contributed by atoms with van der Waals surface area (Å²) in [6.45, 7) is 6.00. The minimum absolute atomic E-state index is 0.169. The summed E-state index contributed by atoms with van der Waals surface area (Å²) in [4.78, 5) is 11.0. The number of carbonyl (C=O) groups excluding carboxylic acids is 1. The lowest BCUT2D eigenvalue weighted by atomic mass is 10.1. The molecule has 0 aliphatic carbocycles. The summed E-state index contributed by atoms with van der Waals surface area (Å²) in [5.74, 6) is -0.615. The first-order valence-electron chi connectivity index (χ1n) is 9.68. The van der Waals surface area contributed by atoms with Crippen LogP contribution in [-0.4, -0.2) is 50.2 Å². The van der Waals surface area contributed by atoms with Crippen LogP contribution in [0.5, 0.6) is 0 Å². The Labute approximate surface area is 148 Å². The Morgan fingerprint density at radius 2 is 1.21 bits per heavy atom. The highest BCUT2D eigenvalue weighted by Gasteiger charge is 2.08. The summed E-state index contributed by atoms with van der Waals surface area (Å²) >= 11 is 0. The number of esters is 1. The minimum atomic E-state index is -1.07. The van der Waals surface area contributed by atoms with Gasteiger partial charge in [0.05, 0.1) is 19.8 Å². The van der Waals surface area contributed by atoms with E-state index >= 15 is 0 Å². The first-order valence-corrected chi connectivity index (χ1v) is 9.68. The fourth-order valence-corrected chi connectivity index (χ4v) is 2.34. The van der Waals surface area contributed by atoms with E-state index in [1.54, 1.807) is 0 Å². The highest BCUT2D eigenvalue weighted by molar-refractivity contribution is 5.73. The highest BCUT2D eigenvalue weighted by atomic mass is 16.6. The lowest BCUT2D eigenvalue weighted by molar-refractivity contribution is -0.154. The number of unbranched alkanes of at least 4 members (excludes halogenated alkanes) is 9. The van der Waals surface area contributed by atoms with E-state index in [0.29, 0.717) is 19.8 Å². The molecule has 0 aliphatic heterocycles. The van der Waals surface area contributed by atoms with Crippen LogP contribution in [-0.2, 0) is 19.0 Å². The van der Waals surface area contributed by atoms with Crippen LogP contribution >= 0.6 is 0 Å². The van der Waals surface area contributed by atoms with Crippen LogP contribution in [0, 0.1) is 0 Å². The molecule has 0 saturated carbocycles. The smallest absolute Gasteiger partial charge is 0.334 e. The SMILES string of the molecule is CCCCCCCCCCCCOCCOCCOC(=O)C(C)O. The maximum Gasteiger partial charge on any atom is 0.334 e. The van der Waals surface area contributed by atoms with Gasteiger partial charge in [0.15, 0.2) is 0 Å². The Balaban J connectivity index is 3.04. The first kappa shape index (κ1) is 23.4. The molecule has 0 aliphatic rings. The van der Waals surface area contributed by atoms with Crippen molar-refractivity contribution >= 4 is 5.97 Å². The Kier molecular flexibility index (Phi) is 18.2. The average Bonchev–Trinajstić information content (AvgIpc) is 2.57. The number of carbonyl (C=O) groups is 1. The van der Waals surface area contributed by atoms with Crippen molar-refractivity contribution in [2.45, 2.75) is 84.2 Å². The van der Waals surface area contributed by atoms with Crippen molar-refractivity contribution in [1.29, 1.82) is 0 Å². The lowest BCUT2D eigenvalue weighted by Gasteiger charge is -2.08. The molecule has 5 nitrogen and oxygen atoms in total. The third-order valence-corrected chi connectivity index (χ3v) is 3.83. The predicted octanol–water partition coefficient (Wildman–Crippen LogP) is 3.86.